The minimum absolute atomic E-state index is 0.0538. The molecule has 0 radical (unpaired) electrons. The molecule has 47 heavy (non-hydrogen) atoms. The van der Waals surface area contributed by atoms with Crippen molar-refractivity contribution in [2.75, 3.05) is 0 Å². The highest BCUT2D eigenvalue weighted by Gasteiger charge is 2.69. The third-order valence-corrected chi connectivity index (χ3v) is 13.9. The molecule has 8 fully saturated rings. The standard InChI is InChI=1S/C19H23BClF3O2.C18H25BO2/c1-17(2)13-9-14(17)18(3)15(10-13)25-20(26-18)16(21)8-11-4-6-12(7-5-11)19(22,23)24;1-12-5-7-13(8-6-12)11-19-20-16-10-14-9-15(17(14,2)3)18(16,4)21-19/h4-7,13-16H,8-10H2,1-3H3;5-8,14-16H,9-11H2,1-4H3/t13-,14-,15+,16+,18-;14-,15-,16+,18-/m00/s1. The molecule has 0 unspecified atom stereocenters. The van der Waals surface area contributed by atoms with Gasteiger partial charge in [-0.15, -0.1) is 11.6 Å². The van der Waals surface area contributed by atoms with Crippen molar-refractivity contribution >= 4 is 25.8 Å². The van der Waals surface area contributed by atoms with Crippen molar-refractivity contribution in [2.45, 2.75) is 122 Å². The molecule has 2 aromatic carbocycles. The molecule has 2 heterocycles. The Morgan fingerprint density at radius 3 is 1.79 bits per heavy atom. The van der Waals surface area contributed by atoms with E-state index in [2.05, 4.69) is 72.7 Å². The molecule has 4 bridgehead atoms. The maximum atomic E-state index is 12.7. The monoisotopic (exact) mass is 670 g/mol. The topological polar surface area (TPSA) is 36.9 Å². The van der Waals surface area contributed by atoms with Crippen LogP contribution < -0.4 is 0 Å². The van der Waals surface area contributed by atoms with E-state index in [4.69, 9.17) is 30.2 Å². The van der Waals surface area contributed by atoms with Crippen molar-refractivity contribution in [3.8, 4) is 0 Å². The molecule has 0 N–H and O–H groups in total. The third-order valence-electron chi connectivity index (χ3n) is 13.5. The van der Waals surface area contributed by atoms with Gasteiger partial charge in [0.05, 0.1) is 34.2 Å². The SMILES string of the molecule is CC1(C)[C@@H]2C[C@H]3OB([C@H](Cl)Cc4ccc(C(F)(F)F)cc4)O[C@@]3(C)[C@H]1C2.Cc1ccc(CB2O[C@@H]3C[C@@H]4C[C@@H](C4(C)C)[C@]3(C)O2)cc1. The Morgan fingerprint density at radius 2 is 1.26 bits per heavy atom. The van der Waals surface area contributed by atoms with Crippen molar-refractivity contribution in [3.05, 3.63) is 70.8 Å². The van der Waals surface area contributed by atoms with E-state index in [1.807, 2.05) is 0 Å². The van der Waals surface area contributed by atoms with E-state index in [0.29, 0.717) is 35.7 Å². The number of hydrogen-bond acceptors (Lipinski definition) is 4. The van der Waals surface area contributed by atoms with Crippen molar-refractivity contribution in [1.29, 1.82) is 0 Å². The van der Waals surface area contributed by atoms with Crippen LogP contribution in [0.1, 0.15) is 89.5 Å². The molecule has 4 nitrogen and oxygen atoms in total. The minimum Gasteiger partial charge on any atom is -0.405 e. The molecule has 10 heteroatoms. The van der Waals surface area contributed by atoms with Gasteiger partial charge in [-0.1, -0.05) is 69.7 Å². The largest absolute Gasteiger partial charge is 0.477 e. The molecule has 8 aliphatic rings. The van der Waals surface area contributed by atoms with Gasteiger partial charge in [-0.2, -0.15) is 13.2 Å². The van der Waals surface area contributed by atoms with E-state index in [-0.39, 0.29) is 29.8 Å². The summed E-state index contributed by atoms with van der Waals surface area (Å²) in [7, 11) is -0.595. The summed E-state index contributed by atoms with van der Waals surface area (Å²) in [4.78, 5) is 0. The van der Waals surface area contributed by atoms with E-state index in [9.17, 15) is 13.2 Å². The zero-order valence-electron chi connectivity index (χ0n) is 28.7. The molecule has 6 aliphatic carbocycles. The smallest absolute Gasteiger partial charge is 0.405 e. The number of aryl methyl sites for hydroxylation is 1. The zero-order chi connectivity index (χ0) is 33.7. The van der Waals surface area contributed by atoms with Crippen LogP contribution in [0.25, 0.3) is 0 Å². The van der Waals surface area contributed by atoms with Gasteiger partial charge in [-0.25, -0.2) is 0 Å². The van der Waals surface area contributed by atoms with Gasteiger partial charge in [0.25, 0.3) is 0 Å². The summed E-state index contributed by atoms with van der Waals surface area (Å²) < 4.78 is 63.2. The molecular weight excluding hydrogens is 622 g/mol. The van der Waals surface area contributed by atoms with Crippen molar-refractivity contribution in [1.82, 2.24) is 0 Å². The first-order valence-electron chi connectivity index (χ1n) is 17.4. The fraction of sp³-hybridized carbons (Fsp3) is 0.676. The molecule has 2 saturated heterocycles. The van der Waals surface area contributed by atoms with Crippen molar-refractivity contribution < 1.29 is 31.8 Å². The molecule has 2 aromatic rings. The summed E-state index contributed by atoms with van der Waals surface area (Å²) in [5, 5.41) is -0.436. The number of hydrogen-bond donors (Lipinski definition) is 0. The molecule has 0 amide bonds. The Kier molecular flexibility index (Phi) is 8.32. The van der Waals surface area contributed by atoms with Crippen LogP contribution in [0.2, 0.25) is 0 Å². The summed E-state index contributed by atoms with van der Waals surface area (Å²) in [6.45, 7) is 15.9. The van der Waals surface area contributed by atoms with Gasteiger partial charge in [0, 0.05) is 6.32 Å². The predicted octanol–water partition coefficient (Wildman–Crippen LogP) is 8.93. The maximum absolute atomic E-state index is 12.7. The van der Waals surface area contributed by atoms with Gasteiger partial charge in [0.15, 0.2) is 0 Å². The summed E-state index contributed by atoms with van der Waals surface area (Å²) in [6.07, 6.45) is 1.94. The molecule has 9 atom stereocenters. The third kappa shape index (κ3) is 5.72. The van der Waals surface area contributed by atoms with Gasteiger partial charge >= 0.3 is 20.4 Å². The van der Waals surface area contributed by atoms with Crippen LogP contribution in [0.4, 0.5) is 13.2 Å². The fourth-order valence-corrected chi connectivity index (χ4v) is 10.4. The number of rotatable bonds is 5. The summed E-state index contributed by atoms with van der Waals surface area (Å²) in [6, 6.07) is 13.8. The molecule has 2 aliphatic heterocycles. The fourth-order valence-electron chi connectivity index (χ4n) is 10.2. The van der Waals surface area contributed by atoms with E-state index >= 15 is 0 Å². The summed E-state index contributed by atoms with van der Waals surface area (Å²) in [5.41, 5.74) is 2.99. The quantitative estimate of drug-likeness (QED) is 0.235. The van der Waals surface area contributed by atoms with Crippen molar-refractivity contribution in [2.24, 2.45) is 34.5 Å². The first-order chi connectivity index (χ1) is 21.9. The molecule has 0 aromatic heterocycles. The average molecular weight is 671 g/mol. The molecule has 6 saturated carbocycles. The van der Waals surface area contributed by atoms with E-state index in [1.54, 1.807) is 0 Å². The Morgan fingerprint density at radius 1 is 0.745 bits per heavy atom. The van der Waals surface area contributed by atoms with Gasteiger partial charge in [0.1, 0.15) is 0 Å². The van der Waals surface area contributed by atoms with Crippen LogP contribution in [-0.2, 0) is 37.5 Å². The van der Waals surface area contributed by atoms with Crippen LogP contribution in [0.3, 0.4) is 0 Å². The van der Waals surface area contributed by atoms with Crippen LogP contribution in [0.15, 0.2) is 48.5 Å². The lowest BCUT2D eigenvalue weighted by Crippen LogP contribution is -2.65. The second-order valence-electron chi connectivity index (χ2n) is 16.8. The Labute approximate surface area is 284 Å². The first kappa shape index (κ1) is 34.0. The minimum atomic E-state index is -4.32. The van der Waals surface area contributed by atoms with Gasteiger partial charge in [-0.05, 0) is 111 Å². The highest BCUT2D eigenvalue weighted by Crippen LogP contribution is 2.67. The number of benzene rings is 2. The second-order valence-corrected chi connectivity index (χ2v) is 17.4. The van der Waals surface area contributed by atoms with Gasteiger partial charge in [0.2, 0.25) is 0 Å². The van der Waals surface area contributed by atoms with Crippen LogP contribution in [-0.4, -0.2) is 42.9 Å². The number of alkyl halides is 4. The average Bonchev–Trinajstić information content (AvgIpc) is 3.54. The highest BCUT2D eigenvalue weighted by molar-refractivity contribution is 6.60. The molecule has 0 spiro atoms. The summed E-state index contributed by atoms with van der Waals surface area (Å²) >= 11 is 6.54. The van der Waals surface area contributed by atoms with E-state index < -0.39 is 24.1 Å². The number of halogens is 4. The van der Waals surface area contributed by atoms with E-state index in [0.717, 1.165) is 36.4 Å². The van der Waals surface area contributed by atoms with Crippen molar-refractivity contribution in [3.63, 3.8) is 0 Å². The lowest BCUT2D eigenvalue weighted by molar-refractivity contribution is -0.199. The Balaban J connectivity index is 0.000000153. The highest BCUT2D eigenvalue weighted by atomic mass is 35.5. The predicted molar refractivity (Wildman–Crippen MR) is 180 cm³/mol. The summed E-state index contributed by atoms with van der Waals surface area (Å²) in [5.74, 6) is 2.59. The normalized spacial score (nSPS) is 37.9. The van der Waals surface area contributed by atoms with Crippen LogP contribution in [0, 0.1) is 41.4 Å². The van der Waals surface area contributed by atoms with Crippen LogP contribution >= 0.6 is 11.6 Å². The molecule has 254 valence electrons. The van der Waals surface area contributed by atoms with Gasteiger partial charge < -0.3 is 18.6 Å². The zero-order valence-corrected chi connectivity index (χ0v) is 29.5. The van der Waals surface area contributed by atoms with E-state index in [1.165, 1.54) is 42.5 Å². The van der Waals surface area contributed by atoms with Crippen LogP contribution in [0.5, 0.6) is 0 Å². The lowest BCUT2D eigenvalue weighted by Gasteiger charge is -2.64. The van der Waals surface area contributed by atoms with Gasteiger partial charge in [-0.3, -0.25) is 0 Å². The Hall–Kier alpha value is -1.51. The molecule has 10 rings (SSSR count). The lowest BCUT2D eigenvalue weighted by atomic mass is 9.43. The molecular formula is C37H48B2ClF3O4. The first-order valence-corrected chi connectivity index (χ1v) is 17.9. The second kappa shape index (κ2) is 11.5. The Bertz CT molecular complexity index is 1470. The maximum Gasteiger partial charge on any atom is 0.477 e.